The Labute approximate surface area is 133 Å². The lowest BCUT2D eigenvalue weighted by atomic mass is 10.2. The van der Waals surface area contributed by atoms with Crippen molar-refractivity contribution in [1.29, 1.82) is 0 Å². The first-order valence-corrected chi connectivity index (χ1v) is 8.34. The van der Waals surface area contributed by atoms with Crippen LogP contribution in [0.3, 0.4) is 0 Å². The molecule has 0 saturated heterocycles. The lowest BCUT2D eigenvalue weighted by molar-refractivity contribution is 0.552. The summed E-state index contributed by atoms with van der Waals surface area (Å²) in [7, 11) is 0. The van der Waals surface area contributed by atoms with E-state index < -0.39 is 0 Å². The van der Waals surface area contributed by atoms with Crippen molar-refractivity contribution >= 4 is 27.7 Å². The van der Waals surface area contributed by atoms with Gasteiger partial charge in [-0.3, -0.25) is 0 Å². The molecule has 4 heteroatoms. The molecule has 0 aliphatic heterocycles. The van der Waals surface area contributed by atoms with Gasteiger partial charge in [0.2, 0.25) is 0 Å². The van der Waals surface area contributed by atoms with Gasteiger partial charge in [-0.05, 0) is 58.2 Å². The first kappa shape index (κ1) is 15.5. The number of hydrogen-bond donors (Lipinski definition) is 1. The summed E-state index contributed by atoms with van der Waals surface area (Å²) in [4.78, 5) is 5.57. The summed E-state index contributed by atoms with van der Waals surface area (Å²) >= 11 is 5.20. The summed E-state index contributed by atoms with van der Waals surface area (Å²) in [6.45, 7) is 6.42. The monoisotopic (exact) mass is 350 g/mol. The minimum atomic E-state index is 0.686. The van der Waals surface area contributed by atoms with Gasteiger partial charge in [0.15, 0.2) is 0 Å². The third-order valence-electron chi connectivity index (χ3n) is 2.74. The number of nitrogens with one attached hydrogen (secondary N) is 1. The molecule has 1 heterocycles. The summed E-state index contributed by atoms with van der Waals surface area (Å²) in [5.41, 5.74) is 1.31. The zero-order valence-corrected chi connectivity index (χ0v) is 14.2. The molecule has 0 saturated carbocycles. The third-order valence-corrected chi connectivity index (χ3v) is 4.67. The molecule has 0 spiro atoms. The van der Waals surface area contributed by atoms with Crippen molar-refractivity contribution in [3.63, 3.8) is 0 Å². The molecule has 20 heavy (non-hydrogen) atoms. The summed E-state index contributed by atoms with van der Waals surface area (Å²) in [6.07, 6.45) is 1.82. The van der Waals surface area contributed by atoms with Crippen molar-refractivity contribution in [1.82, 2.24) is 10.3 Å². The van der Waals surface area contributed by atoms with Crippen LogP contribution in [0.4, 0.5) is 0 Å². The maximum atomic E-state index is 4.37. The van der Waals surface area contributed by atoms with E-state index in [4.69, 9.17) is 0 Å². The fraction of sp³-hybridized carbons (Fsp3) is 0.312. The lowest BCUT2D eigenvalue weighted by Gasteiger charge is -2.08. The van der Waals surface area contributed by atoms with Gasteiger partial charge in [0.1, 0.15) is 5.03 Å². The average molecular weight is 351 g/mol. The molecule has 1 N–H and O–H groups in total. The largest absolute Gasteiger partial charge is 0.312 e. The normalized spacial score (nSPS) is 11.0. The standard InChI is InChI=1S/C16H19BrN2S/c1-12(2)10-18-11-13-5-7-14(8-6-13)20-16-15(17)4-3-9-19-16/h3-9,12,18H,10-11H2,1-2H3. The molecule has 2 nitrogen and oxygen atoms in total. The van der Waals surface area contributed by atoms with Crippen LogP contribution in [0.2, 0.25) is 0 Å². The van der Waals surface area contributed by atoms with Crippen LogP contribution in [0.15, 0.2) is 57.0 Å². The Morgan fingerprint density at radius 2 is 1.95 bits per heavy atom. The predicted molar refractivity (Wildman–Crippen MR) is 89.0 cm³/mol. The number of hydrogen-bond acceptors (Lipinski definition) is 3. The molecule has 0 atom stereocenters. The Hall–Kier alpha value is -0.840. The van der Waals surface area contributed by atoms with Crippen molar-refractivity contribution in [3.05, 3.63) is 52.6 Å². The molecule has 0 aliphatic rings. The van der Waals surface area contributed by atoms with E-state index in [1.54, 1.807) is 11.8 Å². The highest BCUT2D eigenvalue weighted by Gasteiger charge is 2.03. The quantitative estimate of drug-likeness (QED) is 0.814. The fourth-order valence-corrected chi connectivity index (χ4v) is 3.01. The van der Waals surface area contributed by atoms with Gasteiger partial charge in [0.05, 0.1) is 4.47 Å². The van der Waals surface area contributed by atoms with E-state index in [-0.39, 0.29) is 0 Å². The molecule has 2 rings (SSSR count). The van der Waals surface area contributed by atoms with Gasteiger partial charge in [-0.25, -0.2) is 4.98 Å². The minimum absolute atomic E-state index is 0.686. The van der Waals surface area contributed by atoms with Gasteiger partial charge in [-0.2, -0.15) is 0 Å². The molecular formula is C16H19BrN2S. The number of halogens is 1. The second kappa shape index (κ2) is 7.81. The van der Waals surface area contributed by atoms with Crippen LogP contribution < -0.4 is 5.32 Å². The van der Waals surface area contributed by atoms with Crippen molar-refractivity contribution in [3.8, 4) is 0 Å². The Balaban J connectivity index is 1.93. The second-order valence-electron chi connectivity index (χ2n) is 5.06. The highest BCUT2D eigenvalue weighted by atomic mass is 79.9. The Morgan fingerprint density at radius 3 is 2.60 bits per heavy atom. The number of aromatic nitrogens is 1. The van der Waals surface area contributed by atoms with E-state index in [0.717, 1.165) is 22.6 Å². The van der Waals surface area contributed by atoms with Crippen LogP contribution >= 0.6 is 27.7 Å². The lowest BCUT2D eigenvalue weighted by Crippen LogP contribution is -2.18. The van der Waals surface area contributed by atoms with Crippen LogP contribution in [-0.2, 0) is 6.54 Å². The number of nitrogens with zero attached hydrogens (tertiary/aromatic N) is 1. The maximum Gasteiger partial charge on any atom is 0.115 e. The van der Waals surface area contributed by atoms with E-state index in [1.807, 2.05) is 18.3 Å². The van der Waals surface area contributed by atoms with Gasteiger partial charge in [0.25, 0.3) is 0 Å². The maximum absolute atomic E-state index is 4.37. The molecule has 2 aromatic rings. The van der Waals surface area contributed by atoms with E-state index in [9.17, 15) is 0 Å². The summed E-state index contributed by atoms with van der Waals surface area (Å²) < 4.78 is 1.03. The first-order chi connectivity index (χ1) is 9.65. The molecule has 0 unspecified atom stereocenters. The topological polar surface area (TPSA) is 24.9 Å². The van der Waals surface area contributed by atoms with Gasteiger partial charge < -0.3 is 5.32 Å². The molecular weight excluding hydrogens is 332 g/mol. The Morgan fingerprint density at radius 1 is 1.20 bits per heavy atom. The second-order valence-corrected chi connectivity index (χ2v) is 6.98. The van der Waals surface area contributed by atoms with E-state index >= 15 is 0 Å². The molecule has 106 valence electrons. The smallest absolute Gasteiger partial charge is 0.115 e. The third kappa shape index (κ3) is 4.93. The zero-order valence-electron chi connectivity index (χ0n) is 11.8. The van der Waals surface area contributed by atoms with E-state index in [0.29, 0.717) is 5.92 Å². The van der Waals surface area contributed by atoms with Crippen LogP contribution in [0, 0.1) is 5.92 Å². The number of benzene rings is 1. The van der Waals surface area contributed by atoms with Crippen molar-refractivity contribution in [2.45, 2.75) is 30.3 Å². The van der Waals surface area contributed by atoms with Crippen molar-refractivity contribution in [2.24, 2.45) is 5.92 Å². The molecule has 0 bridgehead atoms. The molecule has 0 aliphatic carbocycles. The summed E-state index contributed by atoms with van der Waals surface area (Å²) in [6, 6.07) is 12.6. The van der Waals surface area contributed by atoms with Crippen LogP contribution in [0.5, 0.6) is 0 Å². The van der Waals surface area contributed by atoms with Crippen LogP contribution in [0.25, 0.3) is 0 Å². The number of pyridine rings is 1. The molecule has 1 aromatic carbocycles. The molecule has 0 amide bonds. The Bertz CT molecular complexity index is 540. The summed E-state index contributed by atoms with van der Waals surface area (Å²) in [5, 5.41) is 4.45. The summed E-state index contributed by atoms with van der Waals surface area (Å²) in [5.74, 6) is 0.686. The highest BCUT2D eigenvalue weighted by molar-refractivity contribution is 9.10. The first-order valence-electron chi connectivity index (χ1n) is 6.73. The van der Waals surface area contributed by atoms with Gasteiger partial charge in [-0.15, -0.1) is 0 Å². The van der Waals surface area contributed by atoms with Gasteiger partial charge in [0, 0.05) is 17.6 Å². The Kier molecular flexibility index (Phi) is 6.07. The zero-order chi connectivity index (χ0) is 14.4. The predicted octanol–water partition coefficient (Wildman–Crippen LogP) is 4.74. The van der Waals surface area contributed by atoms with Crippen LogP contribution in [0.1, 0.15) is 19.4 Å². The minimum Gasteiger partial charge on any atom is -0.312 e. The molecule has 0 radical (unpaired) electrons. The fourth-order valence-electron chi connectivity index (χ4n) is 1.74. The average Bonchev–Trinajstić information content (AvgIpc) is 2.43. The van der Waals surface area contributed by atoms with Gasteiger partial charge in [-0.1, -0.05) is 37.7 Å². The van der Waals surface area contributed by atoms with E-state index in [1.165, 1.54) is 10.5 Å². The van der Waals surface area contributed by atoms with Crippen molar-refractivity contribution < 1.29 is 0 Å². The molecule has 0 fully saturated rings. The number of rotatable bonds is 6. The van der Waals surface area contributed by atoms with Crippen LogP contribution in [-0.4, -0.2) is 11.5 Å². The molecule has 1 aromatic heterocycles. The SMILES string of the molecule is CC(C)CNCc1ccc(Sc2ncccc2Br)cc1. The van der Waals surface area contributed by atoms with E-state index in [2.05, 4.69) is 64.3 Å². The highest BCUT2D eigenvalue weighted by Crippen LogP contribution is 2.31. The van der Waals surface area contributed by atoms with Gasteiger partial charge >= 0.3 is 0 Å². The van der Waals surface area contributed by atoms with Crippen molar-refractivity contribution in [2.75, 3.05) is 6.54 Å².